The lowest BCUT2D eigenvalue weighted by Gasteiger charge is -2.14. The van der Waals surface area contributed by atoms with E-state index in [2.05, 4.69) is 5.32 Å². The van der Waals surface area contributed by atoms with Crippen LogP contribution in [0, 0.1) is 0 Å². The fourth-order valence-corrected chi connectivity index (χ4v) is 1.48. The summed E-state index contributed by atoms with van der Waals surface area (Å²) in [5, 5.41) is 12.7. The van der Waals surface area contributed by atoms with Gasteiger partial charge in [-0.25, -0.2) is 0 Å². The lowest BCUT2D eigenvalue weighted by Crippen LogP contribution is -2.28. The number of ether oxygens (including phenoxy) is 1. The van der Waals surface area contributed by atoms with E-state index >= 15 is 0 Å². The van der Waals surface area contributed by atoms with E-state index in [1.807, 2.05) is 25.1 Å². The summed E-state index contributed by atoms with van der Waals surface area (Å²) in [4.78, 5) is 0. The number of halogens is 1. The van der Waals surface area contributed by atoms with Gasteiger partial charge < -0.3 is 15.2 Å². The van der Waals surface area contributed by atoms with Crippen molar-refractivity contribution in [3.05, 3.63) is 28.8 Å². The second kappa shape index (κ2) is 5.95. The van der Waals surface area contributed by atoms with Crippen molar-refractivity contribution in [1.29, 1.82) is 0 Å². The minimum Gasteiger partial charge on any atom is -0.496 e. The molecule has 0 bridgehead atoms. The molecule has 1 aromatic rings. The molecule has 0 radical (unpaired) electrons. The van der Waals surface area contributed by atoms with Gasteiger partial charge in [-0.1, -0.05) is 17.7 Å². The highest BCUT2D eigenvalue weighted by Crippen LogP contribution is 2.25. The first kappa shape index (κ1) is 12.3. The van der Waals surface area contributed by atoms with Crippen molar-refractivity contribution in [2.24, 2.45) is 0 Å². The molecule has 0 saturated heterocycles. The van der Waals surface area contributed by atoms with Gasteiger partial charge in [0.1, 0.15) is 5.75 Å². The molecule has 0 aliphatic heterocycles. The maximum Gasteiger partial charge on any atom is 0.124 e. The van der Waals surface area contributed by atoms with E-state index in [0.717, 1.165) is 11.3 Å². The first-order valence-electron chi connectivity index (χ1n) is 4.84. The van der Waals surface area contributed by atoms with Crippen LogP contribution in [0.4, 0.5) is 0 Å². The van der Waals surface area contributed by atoms with E-state index in [-0.39, 0.29) is 12.6 Å². The van der Waals surface area contributed by atoms with Crippen LogP contribution in [-0.4, -0.2) is 24.9 Å². The minimum atomic E-state index is 0.0472. The maximum atomic E-state index is 8.88. The number of nitrogens with one attached hydrogen (secondary N) is 1. The van der Waals surface area contributed by atoms with E-state index in [4.69, 9.17) is 21.4 Å². The SMILES string of the molecule is COc1cccc(Cl)c1CN[C@@H](C)CO. The summed E-state index contributed by atoms with van der Waals surface area (Å²) in [6.07, 6.45) is 0. The molecule has 1 atom stereocenters. The minimum absolute atomic E-state index is 0.0472. The van der Waals surface area contributed by atoms with Crippen LogP contribution in [0.1, 0.15) is 12.5 Å². The summed E-state index contributed by atoms with van der Waals surface area (Å²) in [6, 6.07) is 5.59. The van der Waals surface area contributed by atoms with Gasteiger partial charge in [0.05, 0.1) is 13.7 Å². The van der Waals surface area contributed by atoms with Crippen LogP contribution in [0.15, 0.2) is 18.2 Å². The monoisotopic (exact) mass is 229 g/mol. The zero-order valence-electron chi connectivity index (χ0n) is 8.96. The fraction of sp³-hybridized carbons (Fsp3) is 0.455. The number of methoxy groups -OCH3 is 1. The summed E-state index contributed by atoms with van der Waals surface area (Å²) in [5.41, 5.74) is 0.918. The third-order valence-electron chi connectivity index (χ3n) is 2.20. The lowest BCUT2D eigenvalue weighted by atomic mass is 10.2. The average Bonchev–Trinajstić information content (AvgIpc) is 2.26. The molecule has 84 valence electrons. The Balaban J connectivity index is 2.74. The zero-order chi connectivity index (χ0) is 11.3. The first-order valence-corrected chi connectivity index (χ1v) is 5.22. The highest BCUT2D eigenvalue weighted by atomic mass is 35.5. The summed E-state index contributed by atoms with van der Waals surface area (Å²) in [5.74, 6) is 0.764. The van der Waals surface area contributed by atoms with Crippen molar-refractivity contribution in [3.8, 4) is 5.75 Å². The van der Waals surface area contributed by atoms with Crippen molar-refractivity contribution < 1.29 is 9.84 Å². The Morgan fingerprint density at radius 1 is 1.53 bits per heavy atom. The highest BCUT2D eigenvalue weighted by molar-refractivity contribution is 6.31. The summed E-state index contributed by atoms with van der Waals surface area (Å²) >= 11 is 6.05. The smallest absolute Gasteiger partial charge is 0.124 e. The van der Waals surface area contributed by atoms with Gasteiger partial charge in [0.2, 0.25) is 0 Å². The molecule has 15 heavy (non-hydrogen) atoms. The molecule has 0 aliphatic rings. The average molecular weight is 230 g/mol. The van der Waals surface area contributed by atoms with Gasteiger partial charge in [-0.3, -0.25) is 0 Å². The third-order valence-corrected chi connectivity index (χ3v) is 2.55. The fourth-order valence-electron chi connectivity index (χ4n) is 1.24. The number of rotatable bonds is 5. The Morgan fingerprint density at radius 2 is 2.27 bits per heavy atom. The van der Waals surface area contributed by atoms with Gasteiger partial charge in [0.25, 0.3) is 0 Å². The van der Waals surface area contributed by atoms with E-state index in [1.54, 1.807) is 7.11 Å². The normalized spacial score (nSPS) is 12.5. The molecular weight excluding hydrogens is 214 g/mol. The molecule has 0 unspecified atom stereocenters. The van der Waals surface area contributed by atoms with Gasteiger partial charge in [-0.05, 0) is 19.1 Å². The van der Waals surface area contributed by atoms with Gasteiger partial charge >= 0.3 is 0 Å². The summed E-state index contributed by atoms with van der Waals surface area (Å²) in [6.45, 7) is 2.60. The van der Waals surface area contributed by atoms with Crippen LogP contribution in [-0.2, 0) is 6.54 Å². The second-order valence-corrected chi connectivity index (χ2v) is 3.79. The van der Waals surface area contributed by atoms with Gasteiger partial charge in [-0.15, -0.1) is 0 Å². The molecule has 2 N–H and O–H groups in total. The van der Waals surface area contributed by atoms with E-state index < -0.39 is 0 Å². The molecule has 1 rings (SSSR count). The van der Waals surface area contributed by atoms with E-state index in [0.29, 0.717) is 11.6 Å². The van der Waals surface area contributed by atoms with Gasteiger partial charge in [0.15, 0.2) is 0 Å². The van der Waals surface area contributed by atoms with Crippen LogP contribution in [0.25, 0.3) is 0 Å². The maximum absolute atomic E-state index is 8.88. The quantitative estimate of drug-likeness (QED) is 0.810. The topological polar surface area (TPSA) is 41.5 Å². The number of aliphatic hydroxyl groups is 1. The number of benzene rings is 1. The van der Waals surface area contributed by atoms with Crippen LogP contribution < -0.4 is 10.1 Å². The number of hydrogen-bond donors (Lipinski definition) is 2. The molecule has 3 nitrogen and oxygen atoms in total. The Bertz CT molecular complexity index is 317. The summed E-state index contributed by atoms with van der Waals surface area (Å²) < 4.78 is 5.21. The van der Waals surface area contributed by atoms with Crippen molar-refractivity contribution in [3.63, 3.8) is 0 Å². The largest absolute Gasteiger partial charge is 0.496 e. The standard InChI is InChI=1S/C11H16ClNO2/c1-8(7-14)13-6-9-10(12)4-3-5-11(9)15-2/h3-5,8,13-14H,6-7H2,1-2H3/t8-/m0/s1. The molecule has 0 aromatic heterocycles. The number of hydrogen-bond acceptors (Lipinski definition) is 3. The van der Waals surface area contributed by atoms with Crippen molar-refractivity contribution in [2.45, 2.75) is 19.5 Å². The number of aliphatic hydroxyl groups excluding tert-OH is 1. The Morgan fingerprint density at radius 3 is 2.87 bits per heavy atom. The van der Waals surface area contributed by atoms with Gasteiger partial charge in [0, 0.05) is 23.2 Å². The first-order chi connectivity index (χ1) is 7.19. The van der Waals surface area contributed by atoms with Crippen LogP contribution in [0.3, 0.4) is 0 Å². The molecule has 0 amide bonds. The Hall–Kier alpha value is -0.770. The van der Waals surface area contributed by atoms with E-state index in [1.165, 1.54) is 0 Å². The van der Waals surface area contributed by atoms with Crippen molar-refractivity contribution in [1.82, 2.24) is 5.32 Å². The highest BCUT2D eigenvalue weighted by Gasteiger charge is 2.08. The Labute approximate surface area is 95.0 Å². The molecule has 0 heterocycles. The predicted molar refractivity (Wildman–Crippen MR) is 61.4 cm³/mol. The van der Waals surface area contributed by atoms with Crippen molar-refractivity contribution >= 4 is 11.6 Å². The van der Waals surface area contributed by atoms with Crippen LogP contribution in [0.5, 0.6) is 5.75 Å². The van der Waals surface area contributed by atoms with Crippen LogP contribution >= 0.6 is 11.6 Å². The predicted octanol–water partition coefficient (Wildman–Crippen LogP) is 1.82. The van der Waals surface area contributed by atoms with Gasteiger partial charge in [-0.2, -0.15) is 0 Å². The molecule has 0 fully saturated rings. The second-order valence-electron chi connectivity index (χ2n) is 3.39. The molecular formula is C11H16ClNO2. The van der Waals surface area contributed by atoms with Crippen molar-refractivity contribution in [2.75, 3.05) is 13.7 Å². The molecule has 0 aliphatic carbocycles. The molecule has 4 heteroatoms. The summed E-state index contributed by atoms with van der Waals surface area (Å²) in [7, 11) is 1.62. The third kappa shape index (κ3) is 3.38. The van der Waals surface area contributed by atoms with Crippen LogP contribution in [0.2, 0.25) is 5.02 Å². The molecule has 1 aromatic carbocycles. The lowest BCUT2D eigenvalue weighted by molar-refractivity contribution is 0.250. The van der Waals surface area contributed by atoms with E-state index in [9.17, 15) is 0 Å². The Kier molecular flexibility index (Phi) is 4.88. The zero-order valence-corrected chi connectivity index (χ0v) is 9.71. The molecule has 0 spiro atoms. The molecule has 0 saturated carbocycles.